The molecule has 0 spiro atoms. The third-order valence-corrected chi connectivity index (χ3v) is 1.59. The maximum Gasteiger partial charge on any atom is 0.0319 e. The van der Waals surface area contributed by atoms with Gasteiger partial charge in [0.2, 0.25) is 0 Å². The van der Waals surface area contributed by atoms with Crippen LogP contribution in [0.5, 0.6) is 0 Å². The van der Waals surface area contributed by atoms with Crippen LogP contribution in [0.1, 0.15) is 0 Å². The summed E-state index contributed by atoms with van der Waals surface area (Å²) in [6.07, 6.45) is 0. The molecule has 0 aliphatic heterocycles. The number of rotatable bonds is 0. The molecule has 64 valence electrons. The van der Waals surface area contributed by atoms with Crippen molar-refractivity contribution in [2.24, 2.45) is 0 Å². The number of benzene rings is 2. The van der Waals surface area contributed by atoms with Crippen molar-refractivity contribution in [3.63, 3.8) is 0 Å². The standard InChI is InChI=1S/C10H7.CH4O.Zn/c1-2-6-10-8-4-3-7-9(10)5-1;1-2;/h1-3,5-8H;2H,1H3;/q-1;;. The second kappa shape index (κ2) is 6.76. The molecule has 0 aromatic heterocycles. The number of fused-ring (bicyclic) bond motifs is 1. The van der Waals surface area contributed by atoms with Crippen molar-refractivity contribution >= 4 is 10.8 Å². The molecular weight excluding hydrogens is 214 g/mol. The van der Waals surface area contributed by atoms with Gasteiger partial charge in [-0.05, 0) is 0 Å². The van der Waals surface area contributed by atoms with Gasteiger partial charge in [0.15, 0.2) is 0 Å². The van der Waals surface area contributed by atoms with Gasteiger partial charge in [-0.3, -0.25) is 0 Å². The van der Waals surface area contributed by atoms with E-state index >= 15 is 0 Å². The SMILES string of the molecule is CO.[Zn].[c-]1ccc2ccccc2c1. The summed E-state index contributed by atoms with van der Waals surface area (Å²) in [7, 11) is 1.00. The Kier molecular flexibility index (Phi) is 6.39. The molecule has 0 amide bonds. The van der Waals surface area contributed by atoms with Crippen molar-refractivity contribution in [3.8, 4) is 0 Å². The molecule has 0 saturated carbocycles. The van der Waals surface area contributed by atoms with E-state index in [2.05, 4.69) is 24.3 Å². The Morgan fingerprint density at radius 3 is 2.23 bits per heavy atom. The van der Waals surface area contributed by atoms with Crippen LogP contribution >= 0.6 is 0 Å². The molecule has 1 N–H and O–H groups in total. The minimum Gasteiger partial charge on any atom is -0.400 e. The van der Waals surface area contributed by atoms with Gasteiger partial charge in [-0.25, -0.2) is 0 Å². The van der Waals surface area contributed by atoms with Crippen LogP contribution in [0.2, 0.25) is 0 Å². The maximum absolute atomic E-state index is 7.00. The van der Waals surface area contributed by atoms with E-state index < -0.39 is 0 Å². The quantitative estimate of drug-likeness (QED) is 0.538. The first-order chi connectivity index (χ1) is 5.97. The van der Waals surface area contributed by atoms with Gasteiger partial charge in [-0.15, -0.1) is 16.8 Å². The first-order valence-electron chi connectivity index (χ1n) is 3.76. The normalized spacial score (nSPS) is 8.15. The van der Waals surface area contributed by atoms with Crippen LogP contribution in [0.4, 0.5) is 0 Å². The van der Waals surface area contributed by atoms with Crippen molar-refractivity contribution in [2.75, 3.05) is 7.11 Å². The summed E-state index contributed by atoms with van der Waals surface area (Å²) in [6.45, 7) is 0. The van der Waals surface area contributed by atoms with Crippen LogP contribution in [0.3, 0.4) is 0 Å². The Morgan fingerprint density at radius 2 is 1.62 bits per heavy atom. The molecule has 0 heterocycles. The summed E-state index contributed by atoms with van der Waals surface area (Å²) in [5.74, 6) is 0. The van der Waals surface area contributed by atoms with Gasteiger partial charge < -0.3 is 5.11 Å². The molecule has 2 aromatic carbocycles. The Morgan fingerprint density at radius 1 is 1.00 bits per heavy atom. The Balaban J connectivity index is 0.000000451. The van der Waals surface area contributed by atoms with E-state index in [-0.39, 0.29) is 19.5 Å². The van der Waals surface area contributed by atoms with E-state index in [9.17, 15) is 0 Å². The molecule has 0 saturated heterocycles. The molecule has 0 radical (unpaired) electrons. The smallest absolute Gasteiger partial charge is 0.0319 e. The number of hydrogen-bond acceptors (Lipinski definition) is 1. The van der Waals surface area contributed by atoms with E-state index in [1.807, 2.05) is 24.3 Å². The summed E-state index contributed by atoms with van der Waals surface area (Å²) in [4.78, 5) is 0. The van der Waals surface area contributed by atoms with Crippen molar-refractivity contribution in [3.05, 3.63) is 48.5 Å². The van der Waals surface area contributed by atoms with Crippen molar-refractivity contribution in [2.45, 2.75) is 0 Å². The second-order valence-corrected chi connectivity index (χ2v) is 2.27. The van der Waals surface area contributed by atoms with Crippen LogP contribution < -0.4 is 0 Å². The van der Waals surface area contributed by atoms with Crippen LogP contribution in [-0.4, -0.2) is 12.2 Å². The zero-order valence-corrected chi connectivity index (χ0v) is 10.7. The van der Waals surface area contributed by atoms with Gasteiger partial charge in [-0.1, -0.05) is 18.2 Å². The minimum atomic E-state index is 0. The molecule has 2 heteroatoms. The molecule has 0 bridgehead atoms. The van der Waals surface area contributed by atoms with Gasteiger partial charge in [0, 0.05) is 26.6 Å². The monoisotopic (exact) mass is 223 g/mol. The Bertz CT molecular complexity index is 281. The fraction of sp³-hybridized carbons (Fsp3) is 0.0909. The Labute approximate surface area is 91.2 Å². The van der Waals surface area contributed by atoms with Gasteiger partial charge in [0.05, 0.1) is 0 Å². The molecule has 0 aliphatic rings. The zero-order chi connectivity index (χ0) is 8.81. The average molecular weight is 225 g/mol. The van der Waals surface area contributed by atoms with Crippen molar-refractivity contribution < 1.29 is 24.6 Å². The first kappa shape index (κ1) is 12.3. The molecule has 2 rings (SSSR count). The predicted molar refractivity (Wildman–Crippen MR) is 50.9 cm³/mol. The van der Waals surface area contributed by atoms with E-state index in [4.69, 9.17) is 5.11 Å². The van der Waals surface area contributed by atoms with Gasteiger partial charge in [0.25, 0.3) is 0 Å². The number of aliphatic hydroxyl groups is 1. The molecule has 0 unspecified atom stereocenters. The van der Waals surface area contributed by atoms with Gasteiger partial charge in [0.1, 0.15) is 0 Å². The first-order valence-corrected chi connectivity index (χ1v) is 3.76. The Hall–Kier alpha value is -0.717. The summed E-state index contributed by atoms with van der Waals surface area (Å²) in [5, 5.41) is 9.53. The molecule has 0 fully saturated rings. The van der Waals surface area contributed by atoms with Crippen LogP contribution in [0.25, 0.3) is 10.8 Å². The molecule has 13 heavy (non-hydrogen) atoms. The number of hydrogen-bond donors (Lipinski definition) is 1. The van der Waals surface area contributed by atoms with E-state index in [0.29, 0.717) is 0 Å². The predicted octanol–water partition coefficient (Wildman–Crippen LogP) is 2.25. The maximum atomic E-state index is 7.00. The summed E-state index contributed by atoms with van der Waals surface area (Å²) < 4.78 is 0. The van der Waals surface area contributed by atoms with Crippen LogP contribution in [0.15, 0.2) is 42.5 Å². The largest absolute Gasteiger partial charge is 0.400 e. The fourth-order valence-corrected chi connectivity index (χ4v) is 1.07. The van der Waals surface area contributed by atoms with E-state index in [0.717, 1.165) is 7.11 Å². The van der Waals surface area contributed by atoms with Crippen LogP contribution in [0, 0.1) is 6.07 Å². The molecule has 1 nitrogen and oxygen atoms in total. The van der Waals surface area contributed by atoms with E-state index in [1.165, 1.54) is 10.8 Å². The average Bonchev–Trinajstić information content (AvgIpc) is 2.21. The number of aliphatic hydroxyl groups excluding tert-OH is 1. The van der Waals surface area contributed by atoms with Crippen LogP contribution in [-0.2, 0) is 19.5 Å². The van der Waals surface area contributed by atoms with Gasteiger partial charge >= 0.3 is 0 Å². The van der Waals surface area contributed by atoms with Crippen molar-refractivity contribution in [1.82, 2.24) is 0 Å². The minimum absolute atomic E-state index is 0. The summed E-state index contributed by atoms with van der Waals surface area (Å²) in [6, 6.07) is 17.3. The third kappa shape index (κ3) is 3.26. The molecule has 2 aromatic rings. The zero-order valence-electron chi connectivity index (χ0n) is 7.70. The fourth-order valence-electron chi connectivity index (χ4n) is 1.07. The summed E-state index contributed by atoms with van der Waals surface area (Å²) >= 11 is 0. The molecule has 0 atom stereocenters. The van der Waals surface area contributed by atoms with E-state index in [1.54, 1.807) is 0 Å². The summed E-state index contributed by atoms with van der Waals surface area (Å²) in [5.41, 5.74) is 0. The topological polar surface area (TPSA) is 20.2 Å². The molecular formula is C11H11OZn-. The van der Waals surface area contributed by atoms with Gasteiger partial charge in [-0.2, -0.15) is 24.3 Å². The second-order valence-electron chi connectivity index (χ2n) is 2.27. The third-order valence-electron chi connectivity index (χ3n) is 1.59. The molecule has 0 aliphatic carbocycles. The van der Waals surface area contributed by atoms with Crippen molar-refractivity contribution in [1.29, 1.82) is 0 Å².